The first-order valence-electron chi connectivity index (χ1n) is 4.43. The molecule has 0 bridgehead atoms. The highest BCUT2D eigenvalue weighted by Gasteiger charge is 2.00. The van der Waals surface area contributed by atoms with Gasteiger partial charge in [-0.1, -0.05) is 11.6 Å². The van der Waals surface area contributed by atoms with Crippen molar-refractivity contribution in [3.8, 4) is 0 Å². The fraction of sp³-hybridized carbons (Fsp3) is 0.300. The molecule has 1 aromatic carbocycles. The second-order valence-corrected chi connectivity index (χ2v) is 3.22. The highest BCUT2D eigenvalue weighted by molar-refractivity contribution is 5.79. The molecule has 0 saturated heterocycles. The predicted molar refractivity (Wildman–Crippen MR) is 53.5 cm³/mol. The molecule has 0 spiro atoms. The van der Waals surface area contributed by atoms with Gasteiger partial charge in [-0.3, -0.25) is 4.68 Å². The van der Waals surface area contributed by atoms with Gasteiger partial charge in [0, 0.05) is 11.9 Å². The van der Waals surface area contributed by atoms with Crippen LogP contribution in [-0.2, 0) is 6.54 Å². The molecule has 0 fully saturated rings. The summed E-state index contributed by atoms with van der Waals surface area (Å²) in [6, 6.07) is 6.32. The van der Waals surface area contributed by atoms with Crippen molar-refractivity contribution in [3.63, 3.8) is 0 Å². The molecule has 0 saturated carbocycles. The first-order valence-corrected chi connectivity index (χ1v) is 4.43. The lowest BCUT2D eigenvalue weighted by Crippen LogP contribution is -2.10. The average Bonchev–Trinajstić information content (AvgIpc) is 2.49. The van der Waals surface area contributed by atoms with E-state index in [4.69, 9.17) is 5.73 Å². The number of fused-ring (bicyclic) bond motifs is 1. The van der Waals surface area contributed by atoms with E-state index in [1.54, 1.807) is 0 Å². The molecule has 13 heavy (non-hydrogen) atoms. The van der Waals surface area contributed by atoms with Crippen molar-refractivity contribution in [2.75, 3.05) is 6.54 Å². The van der Waals surface area contributed by atoms with E-state index in [1.807, 2.05) is 10.9 Å². The molecule has 1 aromatic heterocycles. The van der Waals surface area contributed by atoms with E-state index >= 15 is 0 Å². The normalized spacial score (nSPS) is 10.9. The maximum atomic E-state index is 5.48. The molecule has 3 nitrogen and oxygen atoms in total. The maximum Gasteiger partial charge on any atom is 0.0683 e. The third-order valence-corrected chi connectivity index (χ3v) is 2.14. The van der Waals surface area contributed by atoms with Gasteiger partial charge in [-0.25, -0.2) is 0 Å². The molecule has 0 aliphatic carbocycles. The summed E-state index contributed by atoms with van der Waals surface area (Å²) in [5.41, 5.74) is 7.91. The number of nitrogens with zero attached hydrogens (tertiary/aromatic N) is 2. The van der Waals surface area contributed by atoms with E-state index < -0.39 is 0 Å². The SMILES string of the molecule is Cc1ccc2c(cnn2CCN)c1. The third-order valence-electron chi connectivity index (χ3n) is 2.14. The smallest absolute Gasteiger partial charge is 0.0683 e. The van der Waals surface area contributed by atoms with Gasteiger partial charge in [-0.05, 0) is 19.1 Å². The van der Waals surface area contributed by atoms with Crippen LogP contribution >= 0.6 is 0 Å². The molecule has 2 aromatic rings. The Morgan fingerprint density at radius 2 is 2.31 bits per heavy atom. The van der Waals surface area contributed by atoms with Crippen molar-refractivity contribution in [3.05, 3.63) is 30.0 Å². The highest BCUT2D eigenvalue weighted by Crippen LogP contribution is 2.14. The molecular weight excluding hydrogens is 162 g/mol. The van der Waals surface area contributed by atoms with E-state index in [-0.39, 0.29) is 0 Å². The van der Waals surface area contributed by atoms with Gasteiger partial charge in [0.05, 0.1) is 18.3 Å². The first kappa shape index (κ1) is 8.26. The fourth-order valence-electron chi connectivity index (χ4n) is 1.51. The van der Waals surface area contributed by atoms with Gasteiger partial charge in [0.15, 0.2) is 0 Å². The van der Waals surface area contributed by atoms with Crippen LogP contribution in [0.5, 0.6) is 0 Å². The van der Waals surface area contributed by atoms with E-state index in [2.05, 4.69) is 30.2 Å². The van der Waals surface area contributed by atoms with Gasteiger partial charge in [-0.2, -0.15) is 5.10 Å². The molecule has 2 N–H and O–H groups in total. The molecule has 0 amide bonds. The lowest BCUT2D eigenvalue weighted by molar-refractivity contribution is 0.646. The quantitative estimate of drug-likeness (QED) is 0.747. The summed E-state index contributed by atoms with van der Waals surface area (Å²) in [7, 11) is 0. The Morgan fingerprint density at radius 3 is 3.08 bits per heavy atom. The largest absolute Gasteiger partial charge is 0.329 e. The van der Waals surface area contributed by atoms with Crippen LogP contribution in [-0.4, -0.2) is 16.3 Å². The Kier molecular flexibility index (Phi) is 2.02. The van der Waals surface area contributed by atoms with Gasteiger partial charge in [0.2, 0.25) is 0 Å². The van der Waals surface area contributed by atoms with Gasteiger partial charge < -0.3 is 5.73 Å². The summed E-state index contributed by atoms with van der Waals surface area (Å²) < 4.78 is 1.94. The highest BCUT2D eigenvalue weighted by atomic mass is 15.3. The molecule has 3 heteroatoms. The zero-order chi connectivity index (χ0) is 9.26. The average molecular weight is 175 g/mol. The maximum absolute atomic E-state index is 5.48. The van der Waals surface area contributed by atoms with Crippen LogP contribution in [0.25, 0.3) is 10.9 Å². The van der Waals surface area contributed by atoms with Gasteiger partial charge in [-0.15, -0.1) is 0 Å². The van der Waals surface area contributed by atoms with Crippen LogP contribution < -0.4 is 5.73 Å². The number of hydrogen-bond donors (Lipinski definition) is 1. The Morgan fingerprint density at radius 1 is 1.46 bits per heavy atom. The van der Waals surface area contributed by atoms with Crippen molar-refractivity contribution < 1.29 is 0 Å². The minimum atomic E-state index is 0.630. The summed E-state index contributed by atoms with van der Waals surface area (Å²) >= 11 is 0. The second-order valence-electron chi connectivity index (χ2n) is 3.22. The third kappa shape index (κ3) is 1.42. The number of aromatic nitrogens is 2. The van der Waals surface area contributed by atoms with E-state index in [0.717, 1.165) is 12.1 Å². The molecule has 0 atom stereocenters. The van der Waals surface area contributed by atoms with Gasteiger partial charge >= 0.3 is 0 Å². The summed E-state index contributed by atoms with van der Waals surface area (Å²) in [6.45, 7) is 3.50. The number of rotatable bonds is 2. The molecule has 2 rings (SSSR count). The zero-order valence-electron chi connectivity index (χ0n) is 7.70. The van der Waals surface area contributed by atoms with Crippen molar-refractivity contribution in [1.29, 1.82) is 0 Å². The number of benzene rings is 1. The topological polar surface area (TPSA) is 43.8 Å². The minimum Gasteiger partial charge on any atom is -0.329 e. The molecular formula is C10H13N3. The standard InChI is InChI=1S/C10H13N3/c1-8-2-3-10-9(6-8)7-12-13(10)5-4-11/h2-3,6-7H,4-5,11H2,1H3. The van der Waals surface area contributed by atoms with Crippen molar-refractivity contribution in [2.24, 2.45) is 5.73 Å². The summed E-state index contributed by atoms with van der Waals surface area (Å²) in [5.74, 6) is 0. The van der Waals surface area contributed by atoms with Crippen LogP contribution in [0.4, 0.5) is 0 Å². The lowest BCUT2D eigenvalue weighted by Gasteiger charge is -2.00. The number of hydrogen-bond acceptors (Lipinski definition) is 2. The van der Waals surface area contributed by atoms with Gasteiger partial charge in [0.25, 0.3) is 0 Å². The van der Waals surface area contributed by atoms with Crippen LogP contribution in [0.15, 0.2) is 24.4 Å². The monoisotopic (exact) mass is 175 g/mol. The fourth-order valence-corrected chi connectivity index (χ4v) is 1.51. The molecule has 0 radical (unpaired) electrons. The summed E-state index contributed by atoms with van der Waals surface area (Å²) in [5, 5.41) is 5.45. The van der Waals surface area contributed by atoms with Crippen molar-refractivity contribution >= 4 is 10.9 Å². The molecule has 68 valence electrons. The molecule has 0 unspecified atom stereocenters. The van der Waals surface area contributed by atoms with E-state index in [0.29, 0.717) is 6.54 Å². The van der Waals surface area contributed by atoms with Crippen molar-refractivity contribution in [1.82, 2.24) is 9.78 Å². The summed E-state index contributed by atoms with van der Waals surface area (Å²) in [4.78, 5) is 0. The molecule has 0 aliphatic rings. The Hall–Kier alpha value is -1.35. The minimum absolute atomic E-state index is 0.630. The van der Waals surface area contributed by atoms with Crippen LogP contribution in [0, 0.1) is 6.92 Å². The van der Waals surface area contributed by atoms with Crippen molar-refractivity contribution in [2.45, 2.75) is 13.5 Å². The second kappa shape index (κ2) is 3.18. The van der Waals surface area contributed by atoms with Crippen LogP contribution in [0.2, 0.25) is 0 Å². The number of aryl methyl sites for hydroxylation is 1. The predicted octanol–water partition coefficient (Wildman–Crippen LogP) is 1.30. The zero-order valence-corrected chi connectivity index (χ0v) is 7.70. The van der Waals surface area contributed by atoms with Crippen LogP contribution in [0.3, 0.4) is 0 Å². The molecule has 0 aliphatic heterocycles. The molecule has 1 heterocycles. The number of nitrogens with two attached hydrogens (primary N) is 1. The van der Waals surface area contributed by atoms with E-state index in [1.165, 1.54) is 10.9 Å². The Labute approximate surface area is 77.2 Å². The first-order chi connectivity index (χ1) is 6.31. The Bertz CT molecular complexity index is 417. The lowest BCUT2D eigenvalue weighted by atomic mass is 10.2. The van der Waals surface area contributed by atoms with E-state index in [9.17, 15) is 0 Å². The Balaban J connectivity index is 2.55. The summed E-state index contributed by atoms with van der Waals surface area (Å²) in [6.07, 6.45) is 1.89. The van der Waals surface area contributed by atoms with Crippen LogP contribution in [0.1, 0.15) is 5.56 Å². The van der Waals surface area contributed by atoms with Gasteiger partial charge in [0.1, 0.15) is 0 Å².